The van der Waals surface area contributed by atoms with Crippen LogP contribution in [0.25, 0.3) is 0 Å². The average molecular weight is 472 g/mol. The molecule has 1 aliphatic rings. The average Bonchev–Trinajstić information content (AvgIpc) is 3.17. The Bertz CT molecular complexity index is 900. The minimum Gasteiger partial charge on any atom is -0.293 e. The summed E-state index contributed by atoms with van der Waals surface area (Å²) in [6.07, 6.45) is 3.84. The molecule has 0 N–H and O–H groups in total. The smallest absolute Gasteiger partial charge is 0.293 e. The Morgan fingerprint density at radius 2 is 1.90 bits per heavy atom. The number of carbonyl (C=O) groups is 1. The molecule has 0 amide bonds. The summed E-state index contributed by atoms with van der Waals surface area (Å²) >= 11 is 7.56. The van der Waals surface area contributed by atoms with Gasteiger partial charge in [0.1, 0.15) is 5.70 Å². The zero-order chi connectivity index (χ0) is 23.6. The van der Waals surface area contributed by atoms with E-state index in [-0.39, 0.29) is 16.4 Å². The van der Waals surface area contributed by atoms with Crippen LogP contribution in [0.5, 0.6) is 0 Å². The first-order valence-corrected chi connectivity index (χ1v) is 11.3. The van der Waals surface area contributed by atoms with Crippen molar-refractivity contribution in [3.05, 3.63) is 68.1 Å². The third kappa shape index (κ3) is 9.40. The summed E-state index contributed by atoms with van der Waals surface area (Å²) < 4.78 is 40.7. The fourth-order valence-corrected chi connectivity index (χ4v) is 3.70. The number of hydrogen-bond donors (Lipinski definition) is 0. The molecule has 0 radical (unpaired) electrons. The molecular formula is C24H29ClF3NOS. The van der Waals surface area contributed by atoms with Crippen molar-refractivity contribution in [2.24, 2.45) is 4.99 Å². The number of rotatable bonds is 5. The number of thiophene rings is 1. The molecule has 0 atom stereocenters. The number of halogens is 4. The van der Waals surface area contributed by atoms with Crippen LogP contribution >= 0.6 is 22.9 Å². The van der Waals surface area contributed by atoms with Crippen LogP contribution in [0.2, 0.25) is 0 Å². The van der Waals surface area contributed by atoms with Gasteiger partial charge in [-0.1, -0.05) is 29.8 Å². The van der Waals surface area contributed by atoms with Gasteiger partial charge in [-0.15, -0.1) is 11.3 Å². The zero-order valence-electron chi connectivity index (χ0n) is 18.6. The molecule has 0 unspecified atom stereocenters. The van der Waals surface area contributed by atoms with Gasteiger partial charge >= 0.3 is 6.18 Å². The van der Waals surface area contributed by atoms with Crippen molar-refractivity contribution in [1.29, 1.82) is 0 Å². The van der Waals surface area contributed by atoms with E-state index in [1.165, 1.54) is 25.6 Å². The number of allylic oxidation sites excluding steroid dienone is 8. The third-order valence-corrected chi connectivity index (χ3v) is 5.55. The lowest BCUT2D eigenvalue weighted by molar-refractivity contribution is -0.113. The third-order valence-electron chi connectivity index (χ3n) is 4.57. The Morgan fingerprint density at radius 3 is 2.26 bits per heavy atom. The van der Waals surface area contributed by atoms with Crippen LogP contribution in [0.15, 0.2) is 68.2 Å². The maximum atomic E-state index is 13.6. The topological polar surface area (TPSA) is 29.4 Å². The van der Waals surface area contributed by atoms with Crippen LogP contribution in [-0.2, 0) is 4.79 Å². The van der Waals surface area contributed by atoms with Gasteiger partial charge in [-0.3, -0.25) is 4.79 Å². The van der Waals surface area contributed by atoms with Crippen molar-refractivity contribution >= 4 is 34.4 Å². The molecule has 31 heavy (non-hydrogen) atoms. The lowest BCUT2D eigenvalue weighted by Gasteiger charge is -2.17. The van der Waals surface area contributed by atoms with E-state index < -0.39 is 17.5 Å². The Kier molecular flexibility index (Phi) is 11.2. The van der Waals surface area contributed by atoms with Gasteiger partial charge in [-0.05, 0) is 82.0 Å². The van der Waals surface area contributed by atoms with E-state index in [1.807, 2.05) is 6.08 Å². The molecule has 2 rings (SSSR count). The summed E-state index contributed by atoms with van der Waals surface area (Å²) in [5.41, 5.74) is 0.141. The van der Waals surface area contributed by atoms with Crippen molar-refractivity contribution in [3.8, 4) is 0 Å². The molecule has 0 saturated heterocycles. The van der Waals surface area contributed by atoms with Crippen molar-refractivity contribution < 1.29 is 18.0 Å². The van der Waals surface area contributed by atoms with Gasteiger partial charge < -0.3 is 0 Å². The number of hydrogen-bond acceptors (Lipinski definition) is 3. The fraction of sp³-hybridized carbons (Fsp3) is 0.417. The number of alkyl halides is 3. The SMILES string of the molecule is C\C=C(/C=C(\C(C)=N\C(C(C)=O)=C(/C)Cl)C(F)(F)F)C1=CCCCC1.Cc1cccs1. The largest absolute Gasteiger partial charge is 0.418 e. The molecule has 0 bridgehead atoms. The minimum absolute atomic E-state index is 0.0645. The summed E-state index contributed by atoms with van der Waals surface area (Å²) in [4.78, 5) is 16.8. The number of carbonyl (C=O) groups excluding carboxylic acids is 1. The fourth-order valence-electron chi connectivity index (χ4n) is 3.00. The summed E-state index contributed by atoms with van der Waals surface area (Å²) in [5.74, 6) is -0.477. The Hall–Kier alpha value is -1.92. The van der Waals surface area contributed by atoms with E-state index in [0.717, 1.165) is 37.3 Å². The Morgan fingerprint density at radius 1 is 1.23 bits per heavy atom. The standard InChI is InChI=1S/C19H23ClF3NO.C5H6S/c1-5-15(16-9-7-6-8-10-16)11-17(19(21,22)23)13(3)24-18(12(2)20)14(4)25;1-5-3-2-4-6-5/h5,9,11H,6-8,10H2,1-4H3;2-4H,1H3/b15-5+,17-11+,18-12+,24-13+;. The molecule has 0 aromatic carbocycles. The van der Waals surface area contributed by atoms with Crippen LogP contribution in [0.3, 0.4) is 0 Å². The van der Waals surface area contributed by atoms with Gasteiger partial charge in [0.2, 0.25) is 0 Å². The highest BCUT2D eigenvalue weighted by Crippen LogP contribution is 2.32. The van der Waals surface area contributed by atoms with Gasteiger partial charge in [0, 0.05) is 16.8 Å². The second-order valence-corrected chi connectivity index (χ2v) is 8.85. The molecule has 1 aromatic heterocycles. The van der Waals surface area contributed by atoms with Crippen molar-refractivity contribution in [2.75, 3.05) is 0 Å². The molecule has 2 nitrogen and oxygen atoms in total. The highest BCUT2D eigenvalue weighted by molar-refractivity contribution is 7.09. The molecule has 1 heterocycles. The van der Waals surface area contributed by atoms with E-state index in [2.05, 4.69) is 29.4 Å². The van der Waals surface area contributed by atoms with Crippen LogP contribution in [-0.4, -0.2) is 17.7 Å². The molecule has 0 aliphatic heterocycles. The molecule has 0 fully saturated rings. The quantitative estimate of drug-likeness (QED) is 0.240. The van der Waals surface area contributed by atoms with E-state index in [4.69, 9.17) is 11.6 Å². The van der Waals surface area contributed by atoms with Gasteiger partial charge in [-0.25, -0.2) is 4.99 Å². The van der Waals surface area contributed by atoms with E-state index in [0.29, 0.717) is 5.57 Å². The van der Waals surface area contributed by atoms with Crippen LogP contribution < -0.4 is 0 Å². The highest BCUT2D eigenvalue weighted by Gasteiger charge is 2.36. The first-order chi connectivity index (χ1) is 14.5. The number of aryl methyl sites for hydroxylation is 1. The van der Waals surface area contributed by atoms with Gasteiger partial charge in [0.15, 0.2) is 5.78 Å². The minimum atomic E-state index is -4.58. The van der Waals surface area contributed by atoms with Crippen LogP contribution in [0.4, 0.5) is 13.2 Å². The number of aliphatic imine (C=N–C) groups is 1. The van der Waals surface area contributed by atoms with Gasteiger partial charge in [-0.2, -0.15) is 13.2 Å². The number of Topliss-reactive ketones (excluding diaryl/α,β-unsaturated/α-hetero) is 1. The molecule has 0 saturated carbocycles. The summed E-state index contributed by atoms with van der Waals surface area (Å²) in [6.45, 7) is 7.70. The predicted octanol–water partition coefficient (Wildman–Crippen LogP) is 8.50. The summed E-state index contributed by atoms with van der Waals surface area (Å²) in [7, 11) is 0. The Labute approximate surface area is 191 Å². The second kappa shape index (κ2) is 12.8. The van der Waals surface area contributed by atoms with Crippen molar-refractivity contribution in [1.82, 2.24) is 0 Å². The first kappa shape index (κ1) is 27.1. The molecule has 170 valence electrons. The lowest BCUT2D eigenvalue weighted by atomic mass is 9.91. The zero-order valence-corrected chi connectivity index (χ0v) is 20.1. The second-order valence-electron chi connectivity index (χ2n) is 7.13. The molecule has 7 heteroatoms. The van der Waals surface area contributed by atoms with Crippen molar-refractivity contribution in [2.45, 2.75) is 66.5 Å². The maximum Gasteiger partial charge on any atom is 0.418 e. The van der Waals surface area contributed by atoms with Crippen molar-refractivity contribution in [3.63, 3.8) is 0 Å². The maximum absolute atomic E-state index is 13.6. The molecule has 1 aromatic rings. The van der Waals surface area contributed by atoms with E-state index >= 15 is 0 Å². The van der Waals surface area contributed by atoms with Crippen LogP contribution in [0, 0.1) is 6.92 Å². The number of ketones is 1. The van der Waals surface area contributed by atoms with Gasteiger partial charge in [0.05, 0.1) is 11.3 Å². The number of nitrogens with zero attached hydrogens (tertiary/aromatic N) is 1. The summed E-state index contributed by atoms with van der Waals surface area (Å²) in [6, 6.07) is 4.16. The lowest BCUT2D eigenvalue weighted by Crippen LogP contribution is -2.19. The first-order valence-electron chi connectivity index (χ1n) is 10.0. The van der Waals surface area contributed by atoms with E-state index in [9.17, 15) is 18.0 Å². The normalized spacial score (nSPS) is 16.8. The highest BCUT2D eigenvalue weighted by atomic mass is 35.5. The monoisotopic (exact) mass is 471 g/mol. The Balaban J connectivity index is 0.000000683. The molecule has 0 spiro atoms. The van der Waals surface area contributed by atoms with Crippen LogP contribution in [0.1, 0.15) is 58.3 Å². The summed E-state index contributed by atoms with van der Waals surface area (Å²) in [5, 5.41) is 2.14. The molecular weight excluding hydrogens is 443 g/mol. The molecule has 1 aliphatic carbocycles. The van der Waals surface area contributed by atoms with Gasteiger partial charge in [0.25, 0.3) is 0 Å². The van der Waals surface area contributed by atoms with E-state index in [1.54, 1.807) is 24.3 Å². The predicted molar refractivity (Wildman–Crippen MR) is 126 cm³/mol.